The number of rotatable bonds is 2. The summed E-state index contributed by atoms with van der Waals surface area (Å²) in [6.07, 6.45) is 2.85. The minimum atomic E-state index is -0.957. The second kappa shape index (κ2) is 4.49. The van der Waals surface area contributed by atoms with E-state index in [1.54, 1.807) is 6.07 Å². The molecule has 86 valence electrons. The van der Waals surface area contributed by atoms with Crippen LogP contribution < -0.4 is 4.90 Å². The summed E-state index contributed by atoms with van der Waals surface area (Å²) in [7, 11) is 0. The first-order chi connectivity index (χ1) is 7.66. The highest BCUT2D eigenvalue weighted by Gasteiger charge is 2.19. The molecular formula is C11H14N2O3. The Morgan fingerprint density at radius 3 is 3.06 bits per heavy atom. The smallest absolute Gasteiger partial charge is 0.335 e. The van der Waals surface area contributed by atoms with Crippen molar-refractivity contribution >= 4 is 11.8 Å². The van der Waals surface area contributed by atoms with Gasteiger partial charge in [0.1, 0.15) is 5.82 Å². The number of piperidine rings is 1. The van der Waals surface area contributed by atoms with Crippen LogP contribution in [0.3, 0.4) is 0 Å². The quantitative estimate of drug-likeness (QED) is 0.772. The van der Waals surface area contributed by atoms with E-state index in [0.29, 0.717) is 12.4 Å². The minimum Gasteiger partial charge on any atom is -0.478 e. The number of nitrogens with zero attached hydrogens (tertiary/aromatic N) is 2. The molecule has 0 saturated carbocycles. The SMILES string of the molecule is O=C(O)c1ccnc(N2CCC[C@@H](O)C2)c1. The number of β-amino-alcohol motifs (C(OH)–C–C–N with tert-alkyl or cyclic N) is 1. The highest BCUT2D eigenvalue weighted by molar-refractivity contribution is 5.88. The van der Waals surface area contributed by atoms with Gasteiger partial charge >= 0.3 is 5.97 Å². The Morgan fingerprint density at radius 1 is 1.56 bits per heavy atom. The Kier molecular flexibility index (Phi) is 3.05. The van der Waals surface area contributed by atoms with Gasteiger partial charge in [-0.3, -0.25) is 0 Å². The van der Waals surface area contributed by atoms with Crippen molar-refractivity contribution in [3.8, 4) is 0 Å². The summed E-state index contributed by atoms with van der Waals surface area (Å²) in [5.74, 6) is -0.333. The van der Waals surface area contributed by atoms with E-state index < -0.39 is 5.97 Å². The lowest BCUT2D eigenvalue weighted by Gasteiger charge is -2.31. The first kappa shape index (κ1) is 10.9. The standard InChI is InChI=1S/C11H14N2O3/c14-9-2-1-5-13(7-9)10-6-8(11(15)16)3-4-12-10/h3-4,6,9,14H,1-2,5,7H2,(H,15,16)/t9-/m1/s1. The van der Waals surface area contributed by atoms with Crippen molar-refractivity contribution in [2.45, 2.75) is 18.9 Å². The van der Waals surface area contributed by atoms with Gasteiger partial charge in [-0.05, 0) is 25.0 Å². The van der Waals surface area contributed by atoms with Gasteiger partial charge in [0.05, 0.1) is 11.7 Å². The normalized spacial score (nSPS) is 20.8. The van der Waals surface area contributed by atoms with E-state index in [1.165, 1.54) is 12.3 Å². The molecule has 2 rings (SSSR count). The molecule has 0 spiro atoms. The molecule has 5 nitrogen and oxygen atoms in total. The number of aromatic carboxylic acids is 1. The van der Waals surface area contributed by atoms with Gasteiger partial charge in [-0.2, -0.15) is 0 Å². The summed E-state index contributed by atoms with van der Waals surface area (Å²) in [6.45, 7) is 1.34. The number of hydrogen-bond acceptors (Lipinski definition) is 4. The fraction of sp³-hybridized carbons (Fsp3) is 0.455. The summed E-state index contributed by atoms with van der Waals surface area (Å²) in [6, 6.07) is 3.01. The van der Waals surface area contributed by atoms with Crippen LogP contribution >= 0.6 is 0 Å². The van der Waals surface area contributed by atoms with Gasteiger partial charge in [-0.25, -0.2) is 9.78 Å². The van der Waals surface area contributed by atoms with Crippen LogP contribution in [0.1, 0.15) is 23.2 Å². The van der Waals surface area contributed by atoms with Crippen molar-refractivity contribution in [3.63, 3.8) is 0 Å². The number of aliphatic hydroxyl groups excluding tert-OH is 1. The average Bonchev–Trinajstić information content (AvgIpc) is 2.29. The van der Waals surface area contributed by atoms with E-state index in [-0.39, 0.29) is 11.7 Å². The number of carbonyl (C=O) groups is 1. The molecule has 0 bridgehead atoms. The van der Waals surface area contributed by atoms with Crippen LogP contribution in [0.15, 0.2) is 18.3 Å². The number of pyridine rings is 1. The molecule has 1 atom stereocenters. The van der Waals surface area contributed by atoms with Gasteiger partial charge in [0.2, 0.25) is 0 Å². The van der Waals surface area contributed by atoms with Gasteiger partial charge in [0.15, 0.2) is 0 Å². The van der Waals surface area contributed by atoms with Crippen LogP contribution in [0.2, 0.25) is 0 Å². The maximum Gasteiger partial charge on any atom is 0.335 e. The maximum atomic E-state index is 10.8. The van der Waals surface area contributed by atoms with Crippen molar-refractivity contribution < 1.29 is 15.0 Å². The lowest BCUT2D eigenvalue weighted by Crippen LogP contribution is -2.38. The first-order valence-corrected chi connectivity index (χ1v) is 5.29. The largest absolute Gasteiger partial charge is 0.478 e. The molecule has 2 heterocycles. The first-order valence-electron chi connectivity index (χ1n) is 5.29. The predicted octanol–water partition coefficient (Wildman–Crippen LogP) is 0.741. The second-order valence-corrected chi connectivity index (χ2v) is 3.95. The van der Waals surface area contributed by atoms with E-state index in [2.05, 4.69) is 4.98 Å². The molecule has 0 aromatic carbocycles. The van der Waals surface area contributed by atoms with Crippen molar-refractivity contribution in [2.24, 2.45) is 0 Å². The van der Waals surface area contributed by atoms with Gasteiger partial charge in [-0.15, -0.1) is 0 Å². The zero-order chi connectivity index (χ0) is 11.5. The number of aromatic nitrogens is 1. The molecule has 1 aliphatic heterocycles. The van der Waals surface area contributed by atoms with Crippen LogP contribution in [0.5, 0.6) is 0 Å². The molecule has 0 amide bonds. The van der Waals surface area contributed by atoms with Crippen LogP contribution in [-0.4, -0.2) is 40.4 Å². The van der Waals surface area contributed by atoms with Crippen LogP contribution in [-0.2, 0) is 0 Å². The Labute approximate surface area is 93.3 Å². The molecule has 5 heteroatoms. The summed E-state index contributed by atoms with van der Waals surface area (Å²) in [4.78, 5) is 16.9. The minimum absolute atomic E-state index is 0.227. The monoisotopic (exact) mass is 222 g/mol. The maximum absolute atomic E-state index is 10.8. The Bertz CT molecular complexity index is 395. The summed E-state index contributed by atoms with van der Waals surface area (Å²) in [5, 5.41) is 18.4. The third-order valence-electron chi connectivity index (χ3n) is 2.71. The Hall–Kier alpha value is -1.62. The van der Waals surface area contributed by atoms with Crippen LogP contribution in [0.4, 0.5) is 5.82 Å². The number of aliphatic hydroxyl groups is 1. The topological polar surface area (TPSA) is 73.7 Å². The van der Waals surface area contributed by atoms with Crippen LogP contribution in [0.25, 0.3) is 0 Å². The van der Waals surface area contributed by atoms with Crippen molar-refractivity contribution in [2.75, 3.05) is 18.0 Å². The molecule has 1 aromatic heterocycles. The highest BCUT2D eigenvalue weighted by Crippen LogP contribution is 2.18. The predicted molar refractivity (Wildman–Crippen MR) is 58.7 cm³/mol. The zero-order valence-corrected chi connectivity index (χ0v) is 8.83. The van der Waals surface area contributed by atoms with Crippen molar-refractivity contribution in [1.82, 2.24) is 4.98 Å². The molecule has 16 heavy (non-hydrogen) atoms. The fourth-order valence-electron chi connectivity index (χ4n) is 1.89. The molecular weight excluding hydrogens is 208 g/mol. The van der Waals surface area contributed by atoms with E-state index in [1.807, 2.05) is 4.90 Å². The second-order valence-electron chi connectivity index (χ2n) is 3.95. The lowest BCUT2D eigenvalue weighted by molar-refractivity contribution is 0.0697. The molecule has 0 radical (unpaired) electrons. The molecule has 2 N–H and O–H groups in total. The van der Waals surface area contributed by atoms with Crippen molar-refractivity contribution in [3.05, 3.63) is 23.9 Å². The van der Waals surface area contributed by atoms with E-state index in [0.717, 1.165) is 19.4 Å². The average molecular weight is 222 g/mol. The molecule has 0 unspecified atom stereocenters. The Morgan fingerprint density at radius 2 is 2.38 bits per heavy atom. The fourth-order valence-corrected chi connectivity index (χ4v) is 1.89. The number of carboxylic acids is 1. The molecule has 1 aliphatic rings. The number of carboxylic acid groups (broad SMARTS) is 1. The molecule has 1 aromatic rings. The van der Waals surface area contributed by atoms with E-state index in [4.69, 9.17) is 5.11 Å². The van der Waals surface area contributed by atoms with Gasteiger partial charge in [-0.1, -0.05) is 0 Å². The highest BCUT2D eigenvalue weighted by atomic mass is 16.4. The van der Waals surface area contributed by atoms with Crippen molar-refractivity contribution in [1.29, 1.82) is 0 Å². The lowest BCUT2D eigenvalue weighted by atomic mass is 10.1. The molecule has 1 fully saturated rings. The van der Waals surface area contributed by atoms with E-state index >= 15 is 0 Å². The Balaban J connectivity index is 2.19. The molecule has 1 saturated heterocycles. The summed E-state index contributed by atoms with van der Waals surface area (Å²) < 4.78 is 0. The van der Waals surface area contributed by atoms with Crippen LogP contribution in [0, 0.1) is 0 Å². The number of anilines is 1. The van der Waals surface area contributed by atoms with Gasteiger partial charge < -0.3 is 15.1 Å². The summed E-state index contributed by atoms with van der Waals surface area (Å²) in [5.41, 5.74) is 0.227. The zero-order valence-electron chi connectivity index (χ0n) is 8.83. The van der Waals surface area contributed by atoms with E-state index in [9.17, 15) is 9.90 Å². The number of hydrogen-bond donors (Lipinski definition) is 2. The third kappa shape index (κ3) is 2.30. The molecule has 0 aliphatic carbocycles. The third-order valence-corrected chi connectivity index (χ3v) is 2.71. The summed E-state index contributed by atoms with van der Waals surface area (Å²) >= 11 is 0. The van der Waals surface area contributed by atoms with Gasteiger partial charge in [0.25, 0.3) is 0 Å². The van der Waals surface area contributed by atoms with Gasteiger partial charge in [0, 0.05) is 19.3 Å².